The summed E-state index contributed by atoms with van der Waals surface area (Å²) >= 11 is 7.97. The smallest absolute Gasteiger partial charge is 0.479 e. The Morgan fingerprint density at radius 1 is 1.06 bits per heavy atom. The minimum absolute atomic E-state index is 0.0477. The van der Waals surface area contributed by atoms with Gasteiger partial charge < -0.3 is 54.0 Å². The number of aliphatic carboxylic acids is 1. The molecule has 0 spiro atoms. The number of halogens is 1. The highest BCUT2D eigenvalue weighted by molar-refractivity contribution is 7.18. The number of carboxylic acid groups (broad SMARTS) is 1. The Labute approximate surface area is 367 Å². The molecule has 12 atom stereocenters. The molecule has 0 bridgehead atoms. The summed E-state index contributed by atoms with van der Waals surface area (Å²) < 4.78 is 35.4. The molecule has 6 rings (SSSR count). The lowest BCUT2D eigenvalue weighted by Gasteiger charge is -2.38. The number of thiazole rings is 1. The number of carbonyl (C=O) groups excluding carboxylic acids is 3. The van der Waals surface area contributed by atoms with Crippen molar-refractivity contribution in [2.75, 3.05) is 0 Å². The lowest BCUT2D eigenvalue weighted by Crippen LogP contribution is -2.61. The van der Waals surface area contributed by atoms with Crippen molar-refractivity contribution < 1.29 is 73.1 Å². The number of carboxylic acids is 1. The van der Waals surface area contributed by atoms with Crippen LogP contribution in [0.4, 0.5) is 4.79 Å². The number of ether oxygens (including phenoxy) is 6. The molecule has 0 amide bonds. The molecule has 3 saturated heterocycles. The minimum Gasteiger partial charge on any atom is -0.479 e. The van der Waals surface area contributed by atoms with E-state index in [-0.39, 0.29) is 35.8 Å². The number of fused-ring (bicyclic) bond motifs is 2. The molecule has 0 aliphatic carbocycles. The lowest BCUT2D eigenvalue weighted by atomic mass is 9.71. The number of rotatable bonds is 9. The third-order valence-corrected chi connectivity index (χ3v) is 13.4. The van der Waals surface area contributed by atoms with Gasteiger partial charge in [-0.3, -0.25) is 9.59 Å². The standard InChI is InChI=1S/C44H54ClNO15S/c1-7-9-25-37(60-42(55)56-20-23-11-13-28(26(45)16-23)58-41-36(51)34(49)35(50)38(59-41)40(53)54)21(2)10-8-15-44(6)32(61-44)18-29(24-12-14-30-27(17-24)46-22(3)62-30)57-33(48)19-31(47)43(4,5)39(25)52/h7,11-14,16-17,21,25,29,31-32,34-38,41,47,49-51H,1,8-10,15,18-20H2,2-6H3,(H,53,54)/t21-,25+,29-,31-,32-,34-,35-,36+,37-,38-,41+,44+/m0/s1. The van der Waals surface area contributed by atoms with Crippen molar-refractivity contribution in [1.29, 1.82) is 0 Å². The van der Waals surface area contributed by atoms with E-state index in [4.69, 9.17) is 40.0 Å². The number of aliphatic hydroxyl groups is 4. The van der Waals surface area contributed by atoms with Crippen molar-refractivity contribution in [1.82, 2.24) is 4.98 Å². The van der Waals surface area contributed by atoms with Crippen molar-refractivity contribution >= 4 is 57.0 Å². The predicted molar refractivity (Wildman–Crippen MR) is 223 cm³/mol. The summed E-state index contributed by atoms with van der Waals surface area (Å²) in [6, 6.07) is 9.97. The molecule has 62 heavy (non-hydrogen) atoms. The van der Waals surface area contributed by atoms with Crippen LogP contribution in [0, 0.1) is 24.2 Å². The number of ketones is 1. The molecule has 18 heteroatoms. The van der Waals surface area contributed by atoms with Crippen LogP contribution in [0.1, 0.15) is 88.5 Å². The average Bonchev–Trinajstić information content (AvgIpc) is 3.68. The van der Waals surface area contributed by atoms with E-state index < -0.39 is 96.2 Å². The zero-order chi connectivity index (χ0) is 45.3. The van der Waals surface area contributed by atoms with E-state index in [1.54, 1.807) is 25.2 Å². The summed E-state index contributed by atoms with van der Waals surface area (Å²) in [6.07, 6.45) is -10.3. The molecule has 0 saturated carbocycles. The van der Waals surface area contributed by atoms with Crippen LogP contribution in [-0.4, -0.2) is 109 Å². The Morgan fingerprint density at radius 3 is 2.50 bits per heavy atom. The van der Waals surface area contributed by atoms with Crippen LogP contribution in [0.3, 0.4) is 0 Å². The van der Waals surface area contributed by atoms with Gasteiger partial charge >= 0.3 is 18.1 Å². The number of Topliss-reactive ketones (excluding diaryl/α,β-unsaturated/α-hetero) is 1. The zero-order valence-electron chi connectivity index (χ0n) is 35.1. The molecule has 3 aliphatic rings. The summed E-state index contributed by atoms with van der Waals surface area (Å²) in [5.74, 6) is -4.15. The van der Waals surface area contributed by atoms with Crippen molar-refractivity contribution in [3.63, 3.8) is 0 Å². The minimum atomic E-state index is -1.91. The number of esters is 1. The summed E-state index contributed by atoms with van der Waals surface area (Å²) in [7, 11) is 0. The summed E-state index contributed by atoms with van der Waals surface area (Å²) in [6.45, 7) is 12.4. The Balaban J connectivity index is 1.16. The maximum Gasteiger partial charge on any atom is 0.508 e. The number of benzene rings is 2. The third kappa shape index (κ3) is 10.6. The van der Waals surface area contributed by atoms with E-state index in [1.807, 2.05) is 39.0 Å². The van der Waals surface area contributed by atoms with Gasteiger partial charge in [-0.1, -0.05) is 57.0 Å². The molecule has 4 heterocycles. The van der Waals surface area contributed by atoms with Gasteiger partial charge in [-0.15, -0.1) is 17.9 Å². The van der Waals surface area contributed by atoms with Gasteiger partial charge in [0.15, 0.2) is 6.10 Å². The Morgan fingerprint density at radius 2 is 1.81 bits per heavy atom. The van der Waals surface area contributed by atoms with Crippen molar-refractivity contribution in [2.24, 2.45) is 17.3 Å². The SMILES string of the molecule is C=CC[C@H]1C(=O)C(C)(C)[C@@H](O)CC(=O)O[C@H](c2ccc3sc(C)nc3c2)C[C@@H]2O[C@]2(C)CCC[C@H](C)[C@@H]1OC(=O)OCc1ccc(O[C@@H]2O[C@H](C(=O)O)[C@@H](O)[C@H](O)[C@H]2O)c(Cl)c1. The van der Waals surface area contributed by atoms with E-state index in [0.717, 1.165) is 20.8 Å². The molecule has 3 aliphatic heterocycles. The van der Waals surface area contributed by atoms with Crippen molar-refractivity contribution in [3.8, 4) is 5.75 Å². The maximum absolute atomic E-state index is 14.5. The van der Waals surface area contributed by atoms with Crippen LogP contribution < -0.4 is 4.74 Å². The Kier molecular flexibility index (Phi) is 14.7. The van der Waals surface area contributed by atoms with E-state index >= 15 is 0 Å². The van der Waals surface area contributed by atoms with Crippen LogP contribution >= 0.6 is 22.9 Å². The normalized spacial score (nSPS) is 33.2. The number of aliphatic hydroxyl groups excluding tert-OH is 4. The van der Waals surface area contributed by atoms with Crippen molar-refractivity contribution in [3.05, 3.63) is 70.2 Å². The first-order valence-electron chi connectivity index (χ1n) is 20.5. The first kappa shape index (κ1) is 47.3. The molecule has 0 radical (unpaired) electrons. The molecule has 5 N–H and O–H groups in total. The van der Waals surface area contributed by atoms with Crippen molar-refractivity contribution in [2.45, 2.75) is 140 Å². The Bertz CT molecular complexity index is 2150. The fraction of sp³-hybridized carbons (Fsp3) is 0.568. The molecule has 338 valence electrons. The predicted octanol–water partition coefficient (Wildman–Crippen LogP) is 5.74. The van der Waals surface area contributed by atoms with Gasteiger partial charge in [0.1, 0.15) is 48.7 Å². The van der Waals surface area contributed by atoms with Gasteiger partial charge in [-0.05, 0) is 74.4 Å². The lowest BCUT2D eigenvalue weighted by molar-refractivity contribution is -0.271. The molecule has 16 nitrogen and oxygen atoms in total. The highest BCUT2D eigenvalue weighted by Gasteiger charge is 2.53. The number of nitrogens with zero attached hydrogens (tertiary/aromatic N) is 1. The molecule has 0 unspecified atom stereocenters. The molecule has 3 fully saturated rings. The van der Waals surface area contributed by atoms with E-state index in [0.29, 0.717) is 31.2 Å². The average molecular weight is 904 g/mol. The number of aryl methyl sites for hydroxylation is 1. The van der Waals surface area contributed by atoms with E-state index in [1.165, 1.54) is 24.3 Å². The molecular formula is C44H54ClNO15S. The number of hydrogen-bond acceptors (Lipinski definition) is 16. The number of hydrogen-bond donors (Lipinski definition) is 5. The highest BCUT2D eigenvalue weighted by Crippen LogP contribution is 2.47. The van der Waals surface area contributed by atoms with Crippen LogP contribution in [0.5, 0.6) is 5.75 Å². The summed E-state index contributed by atoms with van der Waals surface area (Å²) in [4.78, 5) is 57.6. The first-order chi connectivity index (χ1) is 29.2. The monoisotopic (exact) mass is 903 g/mol. The van der Waals surface area contributed by atoms with Crippen LogP contribution in [0.2, 0.25) is 5.02 Å². The second kappa shape index (κ2) is 19.3. The zero-order valence-corrected chi connectivity index (χ0v) is 36.7. The van der Waals surface area contributed by atoms with E-state index in [2.05, 4.69) is 11.6 Å². The fourth-order valence-corrected chi connectivity index (χ4v) is 9.23. The number of allylic oxidation sites excluding steroid dienone is 1. The topological polar surface area (TPSA) is 241 Å². The number of cyclic esters (lactones) is 1. The van der Waals surface area contributed by atoms with Crippen LogP contribution in [0.25, 0.3) is 10.2 Å². The third-order valence-electron chi connectivity index (χ3n) is 12.1. The number of carbonyl (C=O) groups is 4. The molecule has 1 aromatic heterocycles. The van der Waals surface area contributed by atoms with Gasteiger partial charge in [0.05, 0.1) is 55.8 Å². The molecular weight excluding hydrogens is 850 g/mol. The summed E-state index contributed by atoms with van der Waals surface area (Å²) in [5.41, 5.74) is -0.0777. The molecule has 3 aromatic rings. The number of aromatic nitrogens is 1. The molecule has 2 aromatic carbocycles. The Hall–Kier alpha value is -4.20. The second-order valence-corrected chi connectivity index (χ2v) is 18.8. The van der Waals surface area contributed by atoms with Gasteiger partial charge in [0.25, 0.3) is 0 Å². The van der Waals surface area contributed by atoms with Gasteiger partial charge in [-0.2, -0.15) is 0 Å². The van der Waals surface area contributed by atoms with Crippen LogP contribution in [-0.2, 0) is 44.7 Å². The van der Waals surface area contributed by atoms with Gasteiger partial charge in [0, 0.05) is 6.42 Å². The summed E-state index contributed by atoms with van der Waals surface area (Å²) in [5, 5.41) is 52.1. The van der Waals surface area contributed by atoms with E-state index in [9.17, 15) is 44.7 Å². The van der Waals surface area contributed by atoms with Gasteiger partial charge in [0.2, 0.25) is 6.29 Å². The maximum atomic E-state index is 14.5. The quantitative estimate of drug-likeness (QED) is 0.0977. The first-order valence-corrected chi connectivity index (χ1v) is 21.7. The highest BCUT2D eigenvalue weighted by atomic mass is 35.5. The number of epoxide rings is 1. The van der Waals surface area contributed by atoms with Gasteiger partial charge in [-0.25, -0.2) is 14.6 Å². The second-order valence-electron chi connectivity index (χ2n) is 17.1. The fourth-order valence-electron chi connectivity index (χ4n) is 8.17. The van der Waals surface area contributed by atoms with Crippen LogP contribution in [0.15, 0.2) is 49.1 Å². The largest absolute Gasteiger partial charge is 0.508 e.